The van der Waals surface area contributed by atoms with Gasteiger partial charge in [0.05, 0.1) is 18.3 Å². The number of rotatable bonds is 5. The Kier molecular flexibility index (Phi) is 5.65. The van der Waals surface area contributed by atoms with E-state index in [2.05, 4.69) is 0 Å². The van der Waals surface area contributed by atoms with Crippen molar-refractivity contribution in [2.75, 3.05) is 6.61 Å². The first-order chi connectivity index (χ1) is 9.23. The van der Waals surface area contributed by atoms with Crippen LogP contribution in [0.2, 0.25) is 0 Å². The zero-order valence-corrected chi connectivity index (χ0v) is 12.0. The van der Waals surface area contributed by atoms with E-state index < -0.39 is 30.5 Å². The largest absolute Gasteiger partial charge is 0.456 e. The topological polar surface area (TPSA) is 66.8 Å². The normalized spacial score (nSPS) is 14.7. The van der Waals surface area contributed by atoms with Crippen LogP contribution in [0.3, 0.4) is 0 Å². The van der Waals surface area contributed by atoms with Crippen LogP contribution in [0.4, 0.5) is 4.39 Å². The van der Waals surface area contributed by atoms with Crippen molar-refractivity contribution >= 4 is 5.97 Å². The van der Waals surface area contributed by atoms with E-state index in [1.807, 2.05) is 0 Å². The number of alkyl halides is 1. The fourth-order valence-electron chi connectivity index (χ4n) is 1.61. The fraction of sp³-hybridized carbons (Fsp3) is 0.533. The second kappa shape index (κ2) is 6.81. The molecule has 0 saturated heterocycles. The number of hydrogen-bond acceptors (Lipinski definition) is 4. The number of ether oxygens (including phenoxy) is 1. The summed E-state index contributed by atoms with van der Waals surface area (Å²) in [6, 6.07) is 5.94. The fourth-order valence-corrected chi connectivity index (χ4v) is 1.61. The van der Waals surface area contributed by atoms with E-state index >= 15 is 0 Å². The number of carbonyl (C=O) groups excluding carboxylic acids is 1. The van der Waals surface area contributed by atoms with Crippen molar-refractivity contribution in [2.24, 2.45) is 0 Å². The Labute approximate surface area is 118 Å². The number of benzene rings is 1. The highest BCUT2D eigenvalue weighted by Gasteiger charge is 2.19. The van der Waals surface area contributed by atoms with Crippen molar-refractivity contribution in [1.29, 1.82) is 0 Å². The van der Waals surface area contributed by atoms with Crippen LogP contribution < -0.4 is 0 Å². The van der Waals surface area contributed by atoms with Gasteiger partial charge in [0.1, 0.15) is 11.8 Å². The van der Waals surface area contributed by atoms with Crippen molar-refractivity contribution in [2.45, 2.75) is 45.1 Å². The van der Waals surface area contributed by atoms with Crippen LogP contribution in [0.25, 0.3) is 0 Å². The minimum absolute atomic E-state index is 0.178. The van der Waals surface area contributed by atoms with E-state index in [0.29, 0.717) is 11.1 Å². The second-order valence-corrected chi connectivity index (χ2v) is 5.66. The summed E-state index contributed by atoms with van der Waals surface area (Å²) in [5, 5.41) is 17.9. The molecule has 1 rings (SSSR count). The van der Waals surface area contributed by atoms with Crippen LogP contribution in [0.15, 0.2) is 24.3 Å². The molecule has 112 valence electrons. The molecule has 2 atom stereocenters. The molecule has 0 spiro atoms. The van der Waals surface area contributed by atoms with Gasteiger partial charge in [0.15, 0.2) is 0 Å². The van der Waals surface area contributed by atoms with Gasteiger partial charge in [-0.05, 0) is 38.5 Å². The molecule has 2 unspecified atom stereocenters. The van der Waals surface area contributed by atoms with E-state index in [9.17, 15) is 14.3 Å². The standard InChI is InChI=1S/C15H21FO4/c1-15(2,3)20-14(19)11-6-4-10(5-7-11)13(16)8-12(18)9-17/h4-7,12-13,17-18H,8-9H2,1-3H3. The van der Waals surface area contributed by atoms with E-state index in [-0.39, 0.29) is 6.42 Å². The quantitative estimate of drug-likeness (QED) is 0.815. The third-order valence-corrected chi connectivity index (χ3v) is 2.60. The number of halogens is 1. The van der Waals surface area contributed by atoms with Crippen molar-refractivity contribution in [3.8, 4) is 0 Å². The Morgan fingerprint density at radius 2 is 1.85 bits per heavy atom. The summed E-state index contributed by atoms with van der Waals surface area (Å²) in [4.78, 5) is 11.8. The number of aliphatic hydroxyl groups excluding tert-OH is 2. The Bertz CT molecular complexity index is 436. The van der Waals surface area contributed by atoms with E-state index in [1.165, 1.54) is 24.3 Å². The lowest BCUT2D eigenvalue weighted by Gasteiger charge is -2.19. The maximum absolute atomic E-state index is 13.8. The highest BCUT2D eigenvalue weighted by Crippen LogP contribution is 2.23. The SMILES string of the molecule is CC(C)(C)OC(=O)c1ccc(C(F)CC(O)CO)cc1. The predicted molar refractivity (Wildman–Crippen MR) is 73.2 cm³/mol. The molecule has 0 radical (unpaired) electrons. The number of hydrogen-bond donors (Lipinski definition) is 2. The van der Waals surface area contributed by atoms with Crippen LogP contribution in [0.1, 0.15) is 49.3 Å². The molecule has 0 amide bonds. The number of carbonyl (C=O) groups is 1. The molecule has 0 saturated carbocycles. The highest BCUT2D eigenvalue weighted by molar-refractivity contribution is 5.89. The first kappa shape index (κ1) is 16.6. The summed E-state index contributed by atoms with van der Waals surface area (Å²) in [5.41, 5.74) is 0.118. The van der Waals surface area contributed by atoms with Gasteiger partial charge in [0.25, 0.3) is 0 Å². The summed E-state index contributed by atoms with van der Waals surface area (Å²) in [7, 11) is 0. The average Bonchev–Trinajstić information content (AvgIpc) is 2.36. The molecule has 0 aliphatic carbocycles. The Morgan fingerprint density at radius 1 is 1.30 bits per heavy atom. The monoisotopic (exact) mass is 284 g/mol. The summed E-state index contributed by atoms with van der Waals surface area (Å²) < 4.78 is 19.0. The van der Waals surface area contributed by atoms with Crippen LogP contribution in [-0.4, -0.2) is 34.5 Å². The molecule has 4 nitrogen and oxygen atoms in total. The highest BCUT2D eigenvalue weighted by atomic mass is 19.1. The molecule has 1 aromatic rings. The van der Waals surface area contributed by atoms with Crippen molar-refractivity contribution in [3.05, 3.63) is 35.4 Å². The zero-order valence-electron chi connectivity index (χ0n) is 12.0. The van der Waals surface area contributed by atoms with Gasteiger partial charge < -0.3 is 14.9 Å². The number of aliphatic hydroxyl groups is 2. The van der Waals surface area contributed by atoms with Crippen LogP contribution in [0, 0.1) is 0 Å². The third kappa shape index (κ3) is 5.27. The molecule has 0 bridgehead atoms. The number of esters is 1. The van der Waals surface area contributed by atoms with Gasteiger partial charge in [-0.3, -0.25) is 0 Å². The Hall–Kier alpha value is -1.46. The maximum atomic E-state index is 13.8. The average molecular weight is 284 g/mol. The van der Waals surface area contributed by atoms with Crippen molar-refractivity contribution in [3.63, 3.8) is 0 Å². The van der Waals surface area contributed by atoms with E-state index in [0.717, 1.165) is 0 Å². The molecule has 0 aromatic heterocycles. The van der Waals surface area contributed by atoms with Crippen LogP contribution in [-0.2, 0) is 4.74 Å². The minimum Gasteiger partial charge on any atom is -0.456 e. The molecular weight excluding hydrogens is 263 g/mol. The smallest absolute Gasteiger partial charge is 0.338 e. The predicted octanol–water partition coefficient (Wildman–Crippen LogP) is 2.40. The molecule has 2 N–H and O–H groups in total. The maximum Gasteiger partial charge on any atom is 0.338 e. The van der Waals surface area contributed by atoms with Gasteiger partial charge in [-0.2, -0.15) is 0 Å². The first-order valence-corrected chi connectivity index (χ1v) is 6.49. The molecule has 20 heavy (non-hydrogen) atoms. The third-order valence-electron chi connectivity index (χ3n) is 2.60. The molecular formula is C15H21FO4. The lowest BCUT2D eigenvalue weighted by Crippen LogP contribution is -2.23. The van der Waals surface area contributed by atoms with Gasteiger partial charge in [-0.25, -0.2) is 9.18 Å². The van der Waals surface area contributed by atoms with Crippen LogP contribution >= 0.6 is 0 Å². The van der Waals surface area contributed by atoms with Crippen LogP contribution in [0.5, 0.6) is 0 Å². The summed E-state index contributed by atoms with van der Waals surface area (Å²) >= 11 is 0. The van der Waals surface area contributed by atoms with E-state index in [1.54, 1.807) is 20.8 Å². The van der Waals surface area contributed by atoms with Gasteiger partial charge in [0.2, 0.25) is 0 Å². The lowest BCUT2D eigenvalue weighted by atomic mass is 10.0. The second-order valence-electron chi connectivity index (χ2n) is 5.66. The van der Waals surface area contributed by atoms with Crippen molar-refractivity contribution < 1.29 is 24.1 Å². The Morgan fingerprint density at radius 3 is 2.30 bits per heavy atom. The van der Waals surface area contributed by atoms with Gasteiger partial charge in [0, 0.05) is 6.42 Å². The summed E-state index contributed by atoms with van der Waals surface area (Å²) in [6.07, 6.45) is -2.65. The summed E-state index contributed by atoms with van der Waals surface area (Å²) in [6.45, 7) is 4.84. The zero-order chi connectivity index (χ0) is 15.3. The molecule has 0 aliphatic rings. The Balaban J connectivity index is 2.71. The van der Waals surface area contributed by atoms with Gasteiger partial charge >= 0.3 is 5.97 Å². The molecule has 0 aliphatic heterocycles. The van der Waals surface area contributed by atoms with E-state index in [4.69, 9.17) is 9.84 Å². The van der Waals surface area contributed by atoms with Gasteiger partial charge in [-0.15, -0.1) is 0 Å². The lowest BCUT2D eigenvalue weighted by molar-refractivity contribution is 0.00693. The van der Waals surface area contributed by atoms with Crippen molar-refractivity contribution in [1.82, 2.24) is 0 Å². The molecule has 0 heterocycles. The summed E-state index contributed by atoms with van der Waals surface area (Å²) in [5.74, 6) is -0.463. The molecule has 5 heteroatoms. The van der Waals surface area contributed by atoms with Gasteiger partial charge in [-0.1, -0.05) is 12.1 Å². The minimum atomic E-state index is -1.38. The molecule has 0 fully saturated rings. The molecule has 1 aromatic carbocycles. The first-order valence-electron chi connectivity index (χ1n) is 6.49.